The Bertz CT molecular complexity index is 2150. The summed E-state index contributed by atoms with van der Waals surface area (Å²) in [6, 6.07) is 25.3. The molecule has 3 aliphatic heterocycles. The van der Waals surface area contributed by atoms with E-state index in [4.69, 9.17) is 26.4 Å². The molecule has 2 aliphatic carbocycles. The van der Waals surface area contributed by atoms with Crippen LogP contribution >= 0.6 is 0 Å². The van der Waals surface area contributed by atoms with Gasteiger partial charge in [-0.3, -0.25) is 24.9 Å². The largest absolute Gasteiger partial charge is 0.282 e. The van der Waals surface area contributed by atoms with Crippen LogP contribution in [-0.4, -0.2) is 46.4 Å². The minimum absolute atomic E-state index is 0.0620. The summed E-state index contributed by atoms with van der Waals surface area (Å²) < 4.78 is 0. The smallest absolute Gasteiger partial charge is 0.132 e. The van der Waals surface area contributed by atoms with Gasteiger partial charge in [0.05, 0.1) is 11.8 Å². The molecular weight excluding hydrogens is 635 g/mol. The van der Waals surface area contributed by atoms with Crippen molar-refractivity contribution in [3.63, 3.8) is 0 Å². The predicted molar refractivity (Wildman–Crippen MR) is 219 cm³/mol. The van der Waals surface area contributed by atoms with Crippen molar-refractivity contribution in [2.45, 2.75) is 84.7 Å². The number of allylic oxidation sites excluding steroid dienone is 5. The SMILES string of the molecule is C#CC1N=C2C(=C)C/C(=N\C3c4ccccc4C(/N=C(\CC(C)CC)c4ccccc4C(C)=NC(C)C4=CC=CC=C1C4)N3CC)c1ccccc12. The second-order valence-corrected chi connectivity index (χ2v) is 14.4. The highest BCUT2D eigenvalue weighted by Crippen LogP contribution is 2.45. The summed E-state index contributed by atoms with van der Waals surface area (Å²) in [5.41, 5.74) is 14.0. The fourth-order valence-electron chi connectivity index (χ4n) is 7.93. The molecule has 0 fully saturated rings. The van der Waals surface area contributed by atoms with Gasteiger partial charge in [0.1, 0.15) is 18.4 Å². The number of benzene rings is 3. The molecule has 3 heterocycles. The highest BCUT2D eigenvalue weighted by atomic mass is 15.3. The van der Waals surface area contributed by atoms with E-state index in [-0.39, 0.29) is 18.4 Å². The average molecular weight is 684 g/mol. The molecule has 0 spiro atoms. The van der Waals surface area contributed by atoms with Gasteiger partial charge in [-0.15, -0.1) is 6.42 Å². The molecular formula is C47H49N5. The van der Waals surface area contributed by atoms with Crippen molar-refractivity contribution < 1.29 is 0 Å². The quantitative estimate of drug-likeness (QED) is 0.253. The van der Waals surface area contributed by atoms with Gasteiger partial charge in [-0.25, -0.2) is 0 Å². The highest BCUT2D eigenvalue weighted by Gasteiger charge is 2.39. The lowest BCUT2D eigenvalue weighted by atomic mass is 9.84. The Morgan fingerprint density at radius 3 is 2.08 bits per heavy atom. The number of hydrogen-bond donors (Lipinski definition) is 0. The van der Waals surface area contributed by atoms with Crippen molar-refractivity contribution in [2.24, 2.45) is 25.9 Å². The molecule has 0 aromatic heterocycles. The van der Waals surface area contributed by atoms with Gasteiger partial charge in [-0.2, -0.15) is 0 Å². The topological polar surface area (TPSA) is 52.7 Å². The van der Waals surface area contributed by atoms with Gasteiger partial charge in [-0.1, -0.05) is 137 Å². The summed E-state index contributed by atoms with van der Waals surface area (Å²) in [5, 5.41) is 0. The minimum atomic E-state index is -0.439. The number of fused-ring (bicyclic) bond motifs is 4. The molecule has 0 saturated heterocycles. The summed E-state index contributed by atoms with van der Waals surface area (Å²) >= 11 is 0. The number of aliphatic imine (C=N–C) groups is 4. The van der Waals surface area contributed by atoms with Crippen LogP contribution in [0.1, 0.15) is 106 Å². The number of hydrogen-bond acceptors (Lipinski definition) is 5. The van der Waals surface area contributed by atoms with Crippen molar-refractivity contribution in [3.05, 3.63) is 154 Å². The lowest BCUT2D eigenvalue weighted by Crippen LogP contribution is -2.28. The van der Waals surface area contributed by atoms with Crippen molar-refractivity contribution in [3.8, 4) is 12.3 Å². The van der Waals surface area contributed by atoms with Gasteiger partial charge in [0.15, 0.2) is 0 Å². The van der Waals surface area contributed by atoms with Crippen LogP contribution in [0.3, 0.4) is 0 Å². The van der Waals surface area contributed by atoms with Crippen LogP contribution in [0.4, 0.5) is 0 Å². The molecule has 3 aromatic carbocycles. The molecule has 6 bridgehead atoms. The molecule has 5 nitrogen and oxygen atoms in total. The molecule has 0 amide bonds. The maximum absolute atomic E-state index is 6.28. The van der Waals surface area contributed by atoms with Gasteiger partial charge in [0.2, 0.25) is 0 Å². The van der Waals surface area contributed by atoms with Crippen molar-refractivity contribution in [1.29, 1.82) is 0 Å². The lowest BCUT2D eigenvalue weighted by molar-refractivity contribution is 0.180. The maximum atomic E-state index is 6.28. The lowest BCUT2D eigenvalue weighted by Gasteiger charge is -2.29. The fraction of sp³-hybridized carbons (Fsp3) is 0.319. The third-order valence-corrected chi connectivity index (χ3v) is 11.0. The standard InChI is InChI=1S/C47H49N5/c1-8-30(4)27-43-37-22-14-13-21-36(37)33(7)48-32(6)34-19-11-12-20-35(29-34)42(9-2)49-45-31(5)28-44(38-23-15-16-24-39(38)45)51-47-41-26-18-17-25-40(41)46(50-43)52(47)10-3/h2,11-26,30,32,42,46-47H,5,8,10,27-29H2,1,3-4,6-7H3/b48-33?,49-45?,50-43+,51-44+. The highest BCUT2D eigenvalue weighted by molar-refractivity contribution is 6.25. The predicted octanol–water partition coefficient (Wildman–Crippen LogP) is 10.2. The molecule has 262 valence electrons. The van der Waals surface area contributed by atoms with Crippen LogP contribution in [0.15, 0.2) is 140 Å². The van der Waals surface area contributed by atoms with Gasteiger partial charge in [0.25, 0.3) is 0 Å². The van der Waals surface area contributed by atoms with E-state index in [2.05, 4.69) is 149 Å². The Labute approximate surface area is 310 Å². The van der Waals surface area contributed by atoms with Crippen LogP contribution in [0, 0.1) is 18.3 Å². The third kappa shape index (κ3) is 6.76. The van der Waals surface area contributed by atoms with Gasteiger partial charge in [0, 0.05) is 45.8 Å². The van der Waals surface area contributed by atoms with E-state index in [9.17, 15) is 0 Å². The monoisotopic (exact) mass is 683 g/mol. The molecule has 8 rings (SSSR count). The Morgan fingerprint density at radius 2 is 1.40 bits per heavy atom. The number of terminal acetylenes is 1. The average Bonchev–Trinajstić information content (AvgIpc) is 3.27. The second-order valence-electron chi connectivity index (χ2n) is 14.4. The third-order valence-electron chi connectivity index (χ3n) is 11.0. The van der Waals surface area contributed by atoms with Gasteiger partial charge in [-0.05, 0) is 67.0 Å². The molecule has 0 radical (unpaired) electrons. The first kappa shape index (κ1) is 35.2. The number of rotatable bonds is 4. The molecule has 5 unspecified atom stereocenters. The molecule has 52 heavy (non-hydrogen) atoms. The summed E-state index contributed by atoms with van der Waals surface area (Å²) in [6.45, 7) is 16.5. The normalized spacial score (nSPS) is 25.7. The minimum Gasteiger partial charge on any atom is -0.282 e. The van der Waals surface area contributed by atoms with Crippen LogP contribution < -0.4 is 0 Å². The zero-order valence-corrected chi connectivity index (χ0v) is 31.2. The van der Waals surface area contributed by atoms with Gasteiger partial charge < -0.3 is 0 Å². The molecule has 3 aromatic rings. The van der Waals surface area contributed by atoms with E-state index >= 15 is 0 Å². The zero-order valence-electron chi connectivity index (χ0n) is 31.2. The van der Waals surface area contributed by atoms with E-state index in [0.29, 0.717) is 18.8 Å². The zero-order chi connectivity index (χ0) is 36.4. The van der Waals surface area contributed by atoms with E-state index < -0.39 is 6.04 Å². The second kappa shape index (κ2) is 15.2. The fourth-order valence-corrected chi connectivity index (χ4v) is 7.93. The van der Waals surface area contributed by atoms with E-state index in [1.54, 1.807) is 0 Å². The van der Waals surface area contributed by atoms with E-state index in [0.717, 1.165) is 75.6 Å². The van der Waals surface area contributed by atoms with Crippen LogP contribution in [0.5, 0.6) is 0 Å². The Morgan fingerprint density at radius 1 is 0.788 bits per heavy atom. The van der Waals surface area contributed by atoms with Crippen LogP contribution in [-0.2, 0) is 0 Å². The molecule has 5 aliphatic rings. The summed E-state index contributed by atoms with van der Waals surface area (Å²) in [6.07, 6.45) is 17.6. The first-order valence-corrected chi connectivity index (χ1v) is 18.8. The Kier molecular flexibility index (Phi) is 10.3. The molecule has 5 heteroatoms. The first-order valence-electron chi connectivity index (χ1n) is 18.8. The summed E-state index contributed by atoms with van der Waals surface area (Å²) in [7, 11) is 0. The maximum Gasteiger partial charge on any atom is 0.132 e. The Hall–Kier alpha value is -5.18. The van der Waals surface area contributed by atoms with Crippen molar-refractivity contribution in [2.75, 3.05) is 6.54 Å². The number of nitrogens with zero attached hydrogens (tertiary/aromatic N) is 5. The Balaban J connectivity index is 1.49. The van der Waals surface area contributed by atoms with Crippen molar-refractivity contribution in [1.82, 2.24) is 4.90 Å². The van der Waals surface area contributed by atoms with E-state index in [1.165, 1.54) is 16.7 Å². The van der Waals surface area contributed by atoms with E-state index in [1.807, 2.05) is 0 Å². The molecule has 5 atom stereocenters. The van der Waals surface area contributed by atoms with Gasteiger partial charge >= 0.3 is 0 Å². The first-order chi connectivity index (χ1) is 25.3. The molecule has 0 N–H and O–H groups in total. The molecule has 0 saturated carbocycles. The summed E-state index contributed by atoms with van der Waals surface area (Å²) in [4.78, 5) is 24.4. The van der Waals surface area contributed by atoms with Crippen molar-refractivity contribution >= 4 is 22.8 Å². The summed E-state index contributed by atoms with van der Waals surface area (Å²) in [5.74, 6) is 3.49. The van der Waals surface area contributed by atoms with Crippen LogP contribution in [0.25, 0.3) is 0 Å². The van der Waals surface area contributed by atoms with Crippen LogP contribution in [0.2, 0.25) is 0 Å².